The van der Waals surface area contributed by atoms with Gasteiger partial charge in [-0.25, -0.2) is 4.39 Å². The zero-order valence-corrected chi connectivity index (χ0v) is 13.1. The molecule has 0 atom stereocenters. The Balaban J connectivity index is 2.60. The fourth-order valence-corrected chi connectivity index (χ4v) is 2.17. The number of hydrogen-bond donors (Lipinski definition) is 0. The summed E-state index contributed by atoms with van der Waals surface area (Å²) in [7, 11) is 4.54. The van der Waals surface area contributed by atoms with E-state index in [1.807, 2.05) is 6.07 Å². The smallest absolute Gasteiger partial charge is 0.164 e. The average Bonchev–Trinajstić information content (AvgIpc) is 2.59. The largest absolute Gasteiger partial charge is 0.496 e. The molecule has 0 N–H and O–H groups in total. The van der Waals surface area contributed by atoms with Crippen molar-refractivity contribution >= 4 is 11.6 Å². The Labute approximate surface area is 134 Å². The number of nitrogens with zero attached hydrogens (tertiary/aromatic N) is 1. The topological polar surface area (TPSA) is 51.5 Å². The molecular weight excluding hydrogens is 297 g/mol. The Morgan fingerprint density at radius 3 is 2.17 bits per heavy atom. The molecule has 0 aliphatic heterocycles. The molecule has 2 rings (SSSR count). The van der Waals surface area contributed by atoms with Crippen molar-refractivity contribution in [2.45, 2.75) is 0 Å². The van der Waals surface area contributed by atoms with E-state index in [2.05, 4.69) is 0 Å². The maximum Gasteiger partial charge on any atom is 0.164 e. The van der Waals surface area contributed by atoms with Crippen LogP contribution in [0.1, 0.15) is 11.1 Å². The summed E-state index contributed by atoms with van der Waals surface area (Å²) in [6.45, 7) is 0. The van der Waals surface area contributed by atoms with Crippen molar-refractivity contribution in [3.63, 3.8) is 0 Å². The van der Waals surface area contributed by atoms with E-state index >= 15 is 0 Å². The number of hydrogen-bond acceptors (Lipinski definition) is 4. The molecule has 23 heavy (non-hydrogen) atoms. The molecule has 0 aromatic heterocycles. The van der Waals surface area contributed by atoms with Gasteiger partial charge >= 0.3 is 0 Å². The molecule has 0 heterocycles. The third-order valence-corrected chi connectivity index (χ3v) is 3.32. The van der Waals surface area contributed by atoms with Crippen LogP contribution < -0.4 is 14.2 Å². The molecule has 0 aliphatic rings. The summed E-state index contributed by atoms with van der Waals surface area (Å²) in [5, 5.41) is 9.37. The summed E-state index contributed by atoms with van der Waals surface area (Å²) < 4.78 is 29.7. The Bertz CT molecular complexity index is 778. The number of ether oxygens (including phenoxy) is 3. The molecule has 0 fully saturated rings. The number of benzene rings is 2. The molecule has 118 valence electrons. The summed E-state index contributed by atoms with van der Waals surface area (Å²) in [4.78, 5) is 0. The van der Waals surface area contributed by atoms with Crippen molar-refractivity contribution in [3.05, 3.63) is 53.3 Å². The lowest BCUT2D eigenvalue weighted by atomic mass is 10.0. The summed E-state index contributed by atoms with van der Waals surface area (Å²) in [6, 6.07) is 11.5. The Kier molecular flexibility index (Phi) is 5.21. The number of halogens is 1. The standard InChI is InChI=1S/C18H16FNO3/c1-21-16-10-18(23-3)17(22-2)9-12(16)8-13(11-20)14-6-4-5-7-15(14)19/h4-10H,1-3H3. The van der Waals surface area contributed by atoms with Crippen LogP contribution in [0.5, 0.6) is 17.2 Å². The minimum Gasteiger partial charge on any atom is -0.496 e. The number of nitriles is 1. The summed E-state index contributed by atoms with van der Waals surface area (Å²) >= 11 is 0. The van der Waals surface area contributed by atoms with E-state index in [1.165, 1.54) is 27.4 Å². The van der Waals surface area contributed by atoms with E-state index in [1.54, 1.807) is 36.4 Å². The van der Waals surface area contributed by atoms with Crippen molar-refractivity contribution in [1.29, 1.82) is 5.26 Å². The van der Waals surface area contributed by atoms with Crippen LogP contribution in [-0.4, -0.2) is 21.3 Å². The van der Waals surface area contributed by atoms with Gasteiger partial charge in [0.1, 0.15) is 11.6 Å². The Hall–Kier alpha value is -3.00. The fraction of sp³-hybridized carbons (Fsp3) is 0.167. The quantitative estimate of drug-likeness (QED) is 0.620. The molecule has 2 aromatic carbocycles. The average molecular weight is 313 g/mol. The second-order valence-corrected chi connectivity index (χ2v) is 4.60. The van der Waals surface area contributed by atoms with Gasteiger partial charge in [0, 0.05) is 17.2 Å². The first-order valence-corrected chi connectivity index (χ1v) is 6.81. The van der Waals surface area contributed by atoms with E-state index in [-0.39, 0.29) is 11.1 Å². The molecule has 0 spiro atoms. The van der Waals surface area contributed by atoms with Gasteiger partial charge in [0.2, 0.25) is 0 Å². The van der Waals surface area contributed by atoms with Crippen LogP contribution in [0.15, 0.2) is 36.4 Å². The van der Waals surface area contributed by atoms with Gasteiger partial charge in [-0.2, -0.15) is 5.26 Å². The first kappa shape index (κ1) is 16.4. The van der Waals surface area contributed by atoms with E-state index in [0.717, 1.165) is 0 Å². The van der Waals surface area contributed by atoms with Crippen molar-refractivity contribution < 1.29 is 18.6 Å². The number of methoxy groups -OCH3 is 3. The van der Waals surface area contributed by atoms with E-state index in [4.69, 9.17) is 14.2 Å². The molecule has 2 aromatic rings. The van der Waals surface area contributed by atoms with Crippen LogP contribution in [-0.2, 0) is 0 Å². The van der Waals surface area contributed by atoms with Gasteiger partial charge in [-0.3, -0.25) is 0 Å². The van der Waals surface area contributed by atoms with Crippen LogP contribution >= 0.6 is 0 Å². The van der Waals surface area contributed by atoms with Crippen LogP contribution in [0.3, 0.4) is 0 Å². The second kappa shape index (κ2) is 7.32. The summed E-state index contributed by atoms with van der Waals surface area (Å²) in [5.41, 5.74) is 1.01. The SMILES string of the molecule is COc1cc(OC)c(OC)cc1C=C(C#N)c1ccccc1F. The van der Waals surface area contributed by atoms with Crippen molar-refractivity contribution in [2.24, 2.45) is 0 Å². The minimum atomic E-state index is -0.459. The van der Waals surface area contributed by atoms with Gasteiger partial charge in [-0.05, 0) is 18.2 Å². The lowest BCUT2D eigenvalue weighted by Gasteiger charge is -2.12. The molecular formula is C18H16FNO3. The number of allylic oxidation sites excluding steroid dienone is 1. The molecule has 0 radical (unpaired) electrons. The highest BCUT2D eigenvalue weighted by Crippen LogP contribution is 2.36. The predicted molar refractivity (Wildman–Crippen MR) is 86.0 cm³/mol. The third kappa shape index (κ3) is 3.43. The van der Waals surface area contributed by atoms with E-state index in [9.17, 15) is 9.65 Å². The Morgan fingerprint density at radius 2 is 1.61 bits per heavy atom. The van der Waals surface area contributed by atoms with Gasteiger partial charge in [-0.1, -0.05) is 18.2 Å². The second-order valence-electron chi connectivity index (χ2n) is 4.60. The fourth-order valence-electron chi connectivity index (χ4n) is 2.17. The van der Waals surface area contributed by atoms with Crippen molar-refractivity contribution in [1.82, 2.24) is 0 Å². The van der Waals surface area contributed by atoms with Crippen LogP contribution in [0.2, 0.25) is 0 Å². The van der Waals surface area contributed by atoms with E-state index < -0.39 is 5.82 Å². The highest BCUT2D eigenvalue weighted by molar-refractivity contribution is 5.91. The summed E-state index contributed by atoms with van der Waals surface area (Å²) in [6.07, 6.45) is 1.55. The normalized spacial score (nSPS) is 10.8. The minimum absolute atomic E-state index is 0.189. The van der Waals surface area contributed by atoms with E-state index in [0.29, 0.717) is 22.8 Å². The highest BCUT2D eigenvalue weighted by Gasteiger charge is 2.13. The molecule has 4 nitrogen and oxygen atoms in total. The molecule has 5 heteroatoms. The Morgan fingerprint density at radius 1 is 1.00 bits per heavy atom. The van der Waals surface area contributed by atoms with Gasteiger partial charge in [0.15, 0.2) is 11.5 Å². The van der Waals surface area contributed by atoms with Crippen molar-refractivity contribution in [3.8, 4) is 23.3 Å². The maximum absolute atomic E-state index is 13.9. The highest BCUT2D eigenvalue weighted by atomic mass is 19.1. The molecule has 0 saturated carbocycles. The van der Waals surface area contributed by atoms with Gasteiger partial charge in [0.05, 0.1) is 33.0 Å². The molecule has 0 amide bonds. The van der Waals surface area contributed by atoms with Gasteiger partial charge < -0.3 is 14.2 Å². The third-order valence-electron chi connectivity index (χ3n) is 3.32. The maximum atomic E-state index is 13.9. The number of rotatable bonds is 5. The first-order chi connectivity index (χ1) is 11.1. The summed E-state index contributed by atoms with van der Waals surface area (Å²) in [5.74, 6) is 1.03. The molecule has 0 aliphatic carbocycles. The van der Waals surface area contributed by atoms with Crippen LogP contribution in [0.25, 0.3) is 11.6 Å². The van der Waals surface area contributed by atoms with Gasteiger partial charge in [-0.15, -0.1) is 0 Å². The van der Waals surface area contributed by atoms with Crippen LogP contribution in [0, 0.1) is 17.1 Å². The molecule has 0 unspecified atom stereocenters. The monoisotopic (exact) mass is 313 g/mol. The van der Waals surface area contributed by atoms with Gasteiger partial charge in [0.25, 0.3) is 0 Å². The molecule has 0 saturated heterocycles. The predicted octanol–water partition coefficient (Wildman–Crippen LogP) is 3.92. The first-order valence-electron chi connectivity index (χ1n) is 6.81. The van der Waals surface area contributed by atoms with Crippen LogP contribution in [0.4, 0.5) is 4.39 Å². The zero-order valence-electron chi connectivity index (χ0n) is 13.1. The van der Waals surface area contributed by atoms with Crippen molar-refractivity contribution in [2.75, 3.05) is 21.3 Å². The lowest BCUT2D eigenvalue weighted by Crippen LogP contribution is -1.95. The zero-order chi connectivity index (χ0) is 16.8. The molecule has 0 bridgehead atoms. The lowest BCUT2D eigenvalue weighted by molar-refractivity contribution is 0.348.